The number of benzene rings is 2. The highest BCUT2D eigenvalue weighted by Crippen LogP contribution is 2.43. The lowest BCUT2D eigenvalue weighted by molar-refractivity contribution is -0.360. The zero-order valence-electron chi connectivity index (χ0n) is 36.2. The third-order valence-corrected chi connectivity index (χ3v) is 6.92. The highest BCUT2D eigenvalue weighted by molar-refractivity contribution is 14.2. The van der Waals surface area contributed by atoms with Crippen molar-refractivity contribution in [2.75, 3.05) is 0 Å². The minimum absolute atomic E-state index is 0. The Morgan fingerprint density at radius 2 is 0.734 bits per heavy atom. The van der Waals surface area contributed by atoms with Crippen LogP contribution in [0.15, 0.2) is 55.1 Å². The number of hydrogen-bond donors (Lipinski definition) is 6. The van der Waals surface area contributed by atoms with E-state index in [-0.39, 0.29) is 27.5 Å². The van der Waals surface area contributed by atoms with E-state index in [4.69, 9.17) is 18.1 Å². The highest BCUT2D eigenvalue weighted by Gasteiger charge is 2.67. The van der Waals surface area contributed by atoms with Gasteiger partial charge in [0.2, 0.25) is 7.98 Å². The van der Waals surface area contributed by atoms with Gasteiger partial charge in [-0.25, -0.2) is 5.44 Å². The molecule has 378 valence electrons. The standard InChI is InChI=1S/C11H11F3O.C10H11F3O.C4H4F6O.2C4H7F3O.BFHN.BH.2FH.H2IP/c1-3-8-4-6-9(7-5-8)10(2,15)11(12,13)14;1-7-3-5-8(6-4-7)9(2,14)10(11,12)13;1-2(11,3(5,6)7)4(8,9)10;2*1-3(2,8)4(5,6)7;1-3-2;;;;1-2/h3-7,15H,1H2,2H3;3-6,14H,1-2H3;11H,1H3;2*8H,1-2H3;3H;3*1H;2H2/i;;;;;3T;1T;;;. The van der Waals surface area contributed by atoms with Crippen molar-refractivity contribution in [3.8, 4) is 0 Å². The van der Waals surface area contributed by atoms with Gasteiger partial charge in [-0.05, 0) is 73.4 Å². The zero-order valence-corrected chi connectivity index (χ0v) is 37.5. The van der Waals surface area contributed by atoms with Crippen LogP contribution >= 0.6 is 28.9 Å². The lowest BCUT2D eigenvalue weighted by atomic mass is 9.94. The fourth-order valence-electron chi connectivity index (χ4n) is 2.31. The normalized spacial score (nSPS) is 14.2. The number of rotatable bonds is 3. The summed E-state index contributed by atoms with van der Waals surface area (Å²) in [6, 6.07) is 11.1. The molecule has 0 aliphatic rings. The number of nitrogens with one attached hydrogen (secondary N) is 1. The molecule has 0 saturated heterocycles. The number of hydrogen-bond acceptors (Lipinski definition) is 6. The molecule has 2 aromatic rings. The Kier molecular flexibility index (Phi) is 33.8. The van der Waals surface area contributed by atoms with Gasteiger partial charge in [-0.15, -0.1) is 0 Å². The third kappa shape index (κ3) is 28.1. The minimum Gasteiger partial charge on any atom is -0.381 e. The molecule has 4 radical (unpaired) electrons. The fourth-order valence-corrected chi connectivity index (χ4v) is 2.31. The van der Waals surface area contributed by atoms with Gasteiger partial charge >= 0.3 is 37.1 Å². The quantitative estimate of drug-likeness (QED) is 0.0600. The Morgan fingerprint density at radius 3 is 0.859 bits per heavy atom. The Hall–Kier alpha value is -2.24. The predicted molar refractivity (Wildman–Crippen MR) is 212 cm³/mol. The van der Waals surface area contributed by atoms with Crippen molar-refractivity contribution in [3.63, 3.8) is 0 Å². The summed E-state index contributed by atoms with van der Waals surface area (Å²) in [6.07, 6.45) is -28.2. The van der Waals surface area contributed by atoms with E-state index in [0.29, 0.717) is 33.3 Å². The second-order valence-electron chi connectivity index (χ2n) is 13.1. The number of alkyl halides is 18. The molecule has 0 bridgehead atoms. The van der Waals surface area contributed by atoms with Crippen molar-refractivity contribution in [1.29, 1.82) is 1.34 Å². The van der Waals surface area contributed by atoms with Crippen molar-refractivity contribution in [2.24, 2.45) is 0 Å². The van der Waals surface area contributed by atoms with Crippen molar-refractivity contribution < 1.29 is 120 Å². The van der Waals surface area contributed by atoms with Crippen LogP contribution in [-0.2, 0) is 11.2 Å². The molecule has 31 heteroatoms. The van der Waals surface area contributed by atoms with E-state index in [2.05, 4.69) is 51.9 Å². The second kappa shape index (κ2) is 29.5. The summed E-state index contributed by atoms with van der Waals surface area (Å²) in [5.41, 5.74) is -14.9. The molecule has 0 heterocycles. The molecule has 2 rings (SSSR count). The summed E-state index contributed by atoms with van der Waals surface area (Å²) in [5, 5.41) is 43.0. The Balaban J connectivity index is -0.000000103. The van der Waals surface area contributed by atoms with E-state index in [1.165, 1.54) is 54.6 Å². The third-order valence-electron chi connectivity index (χ3n) is 6.92. The molecular weight excluding hydrogens is 1070 g/mol. The van der Waals surface area contributed by atoms with Crippen molar-refractivity contribution >= 4 is 51.4 Å². The van der Waals surface area contributed by atoms with Crippen molar-refractivity contribution in [3.05, 3.63) is 77.4 Å². The Morgan fingerprint density at radius 1 is 0.547 bits per heavy atom. The van der Waals surface area contributed by atoms with Gasteiger partial charge < -0.3 is 25.5 Å². The van der Waals surface area contributed by atoms with Crippen LogP contribution in [0.2, 0.25) is 1.41 Å². The molecule has 3 unspecified atom stereocenters. The molecule has 0 saturated carbocycles. The van der Waals surface area contributed by atoms with Crippen LogP contribution in [-0.4, -0.2) is 97.1 Å². The van der Waals surface area contributed by atoms with Crippen LogP contribution in [0.1, 0.15) is 70.7 Å². The lowest BCUT2D eigenvalue weighted by Crippen LogP contribution is -2.54. The summed E-state index contributed by atoms with van der Waals surface area (Å²) in [7, 11) is 7.69. The van der Waals surface area contributed by atoms with Crippen LogP contribution in [0, 0.1) is 6.92 Å². The molecule has 0 amide bonds. The maximum atomic E-state index is 12.4. The van der Waals surface area contributed by atoms with Crippen LogP contribution < -0.4 is 5.44 Å². The van der Waals surface area contributed by atoms with E-state index < -0.39 is 70.5 Å². The zero-order chi connectivity index (χ0) is 53.8. The topological polar surface area (TPSA) is 113 Å². The second-order valence-corrected chi connectivity index (χ2v) is 13.1. The summed E-state index contributed by atoms with van der Waals surface area (Å²) in [6.45, 7) is 11.6. The average molecular weight is 1120 g/mol. The Bertz CT molecular complexity index is 1480. The highest BCUT2D eigenvalue weighted by atomic mass is 127. The molecule has 2 aromatic carbocycles. The van der Waals surface area contributed by atoms with E-state index in [1.54, 1.807) is 6.92 Å². The van der Waals surface area contributed by atoms with Crippen molar-refractivity contribution in [1.82, 2.24) is 5.44 Å². The maximum Gasteiger partial charge on any atom is 0.425 e. The maximum absolute atomic E-state index is 12.4. The van der Waals surface area contributed by atoms with Crippen LogP contribution in [0.4, 0.5) is 92.9 Å². The van der Waals surface area contributed by atoms with E-state index in [0.717, 1.165) is 19.4 Å². The first-order chi connectivity index (χ1) is 27.8. The van der Waals surface area contributed by atoms with Crippen LogP contribution in [0.25, 0.3) is 6.08 Å². The number of halogens is 22. The first-order valence-electron chi connectivity index (χ1n) is 16.5. The van der Waals surface area contributed by atoms with E-state index in [1.807, 2.05) is 0 Å². The summed E-state index contributed by atoms with van der Waals surface area (Å²) >= 11 is 2.07. The smallest absolute Gasteiger partial charge is 0.381 e. The SMILES string of the molecule is C=Cc1ccc(C(C)(O)C(F)(F)F)cc1.CC(C)(O)C(F)(F)F.CC(C)(O)C(F)(F)F.CC(O)(C(F)(F)F)C(F)(F)F.Cc1ccc(C(C)(O)C(F)(F)F)cc1.F.F.PI.[3H]N([B])F.[3H][B]. The van der Waals surface area contributed by atoms with Gasteiger partial charge in [-0.1, -0.05) is 95.7 Å². The van der Waals surface area contributed by atoms with Crippen LogP contribution in [0.5, 0.6) is 0 Å². The predicted octanol–water partition coefficient (Wildman–Crippen LogP) is 10.8. The summed E-state index contributed by atoms with van der Waals surface area (Å²) in [5.74, 6) is 0. The molecule has 0 aliphatic heterocycles. The lowest BCUT2D eigenvalue weighted by Gasteiger charge is -2.28. The van der Waals surface area contributed by atoms with Gasteiger partial charge in [-0.2, -0.15) is 83.5 Å². The van der Waals surface area contributed by atoms with E-state index in [9.17, 15) is 93.7 Å². The fraction of sp³-hybridized carbons (Fsp3) is 0.576. The van der Waals surface area contributed by atoms with Crippen molar-refractivity contribution in [2.45, 2.75) is 120 Å². The average Bonchev–Trinajstić information content (AvgIpc) is 3.07. The van der Waals surface area contributed by atoms with Gasteiger partial charge in [0.1, 0.15) is 1.41 Å². The molecule has 0 aromatic heterocycles. The molecule has 6 N–H and O–H groups in total. The first kappa shape index (κ1) is 73.3. The molecule has 0 aliphatic carbocycles. The monoisotopic (exact) mass is 1120 g/mol. The molecule has 6 nitrogen and oxygen atoms in total. The summed E-state index contributed by atoms with van der Waals surface area (Å²) in [4.78, 5) is 0. The number of aliphatic hydroxyl groups is 5. The molecular formula is C33H46B2F21INO5P. The van der Waals surface area contributed by atoms with Gasteiger partial charge in [-0.3, -0.25) is 9.41 Å². The largest absolute Gasteiger partial charge is 0.425 e. The van der Waals surface area contributed by atoms with Gasteiger partial charge in [0.25, 0.3) is 5.60 Å². The first-order valence-corrected chi connectivity index (χ1v) is 19.7. The van der Waals surface area contributed by atoms with Gasteiger partial charge in [0, 0.05) is 8.38 Å². The molecule has 0 fully saturated rings. The molecule has 64 heavy (non-hydrogen) atoms. The molecule has 0 spiro atoms. The van der Waals surface area contributed by atoms with E-state index >= 15 is 0 Å². The number of aryl methyl sites for hydroxylation is 1. The van der Waals surface area contributed by atoms with Crippen LogP contribution in [0.3, 0.4) is 0 Å². The van der Waals surface area contributed by atoms with Gasteiger partial charge in [0.15, 0.2) is 22.4 Å². The minimum atomic E-state index is -5.69. The summed E-state index contributed by atoms with van der Waals surface area (Å²) < 4.78 is 231. The molecule has 3 atom stereocenters. The Labute approximate surface area is 375 Å². The van der Waals surface area contributed by atoms with Gasteiger partial charge in [0.05, 0.1) is 0 Å².